The minimum absolute atomic E-state index is 0.0186. The SMILES string of the molecule is CC(C)c1ccc(NC(=O)Cc2ccc(-c3ccn4ncnc4c3)cc2)cc1. The summed E-state index contributed by atoms with van der Waals surface area (Å²) in [6.07, 6.45) is 3.77. The van der Waals surface area contributed by atoms with Crippen LogP contribution in [0.25, 0.3) is 16.8 Å². The van der Waals surface area contributed by atoms with E-state index in [-0.39, 0.29) is 5.91 Å². The number of amides is 1. The highest BCUT2D eigenvalue weighted by Crippen LogP contribution is 2.21. The second-order valence-corrected chi connectivity index (χ2v) is 7.18. The summed E-state index contributed by atoms with van der Waals surface area (Å²) in [5.74, 6) is 0.462. The number of hydrogen-bond donors (Lipinski definition) is 1. The third-order valence-electron chi connectivity index (χ3n) is 4.79. The van der Waals surface area contributed by atoms with Crippen molar-refractivity contribution in [1.82, 2.24) is 14.6 Å². The van der Waals surface area contributed by atoms with Crippen LogP contribution in [-0.2, 0) is 11.2 Å². The lowest BCUT2D eigenvalue weighted by molar-refractivity contribution is -0.115. The van der Waals surface area contributed by atoms with Gasteiger partial charge in [-0.25, -0.2) is 9.50 Å². The van der Waals surface area contributed by atoms with Gasteiger partial charge in [0.25, 0.3) is 0 Å². The molecule has 1 amide bonds. The summed E-state index contributed by atoms with van der Waals surface area (Å²) in [6, 6.07) is 20.1. The molecular weight excluding hydrogens is 348 g/mol. The maximum Gasteiger partial charge on any atom is 0.228 e. The number of carbonyl (C=O) groups is 1. The molecule has 4 aromatic rings. The van der Waals surface area contributed by atoms with Crippen molar-refractivity contribution >= 4 is 17.2 Å². The average molecular weight is 370 g/mol. The Morgan fingerprint density at radius 1 is 1.00 bits per heavy atom. The van der Waals surface area contributed by atoms with Gasteiger partial charge in [0, 0.05) is 11.9 Å². The van der Waals surface area contributed by atoms with Gasteiger partial charge in [-0.1, -0.05) is 50.2 Å². The summed E-state index contributed by atoms with van der Waals surface area (Å²) >= 11 is 0. The summed E-state index contributed by atoms with van der Waals surface area (Å²) in [7, 11) is 0. The van der Waals surface area contributed by atoms with Gasteiger partial charge in [-0.3, -0.25) is 4.79 Å². The molecule has 0 saturated heterocycles. The number of benzene rings is 2. The predicted octanol–water partition coefficient (Wildman–Crippen LogP) is 4.70. The topological polar surface area (TPSA) is 59.3 Å². The fraction of sp³-hybridized carbons (Fsp3) is 0.174. The Balaban J connectivity index is 1.41. The second kappa shape index (κ2) is 7.64. The van der Waals surface area contributed by atoms with Crippen molar-refractivity contribution in [1.29, 1.82) is 0 Å². The molecule has 0 radical (unpaired) electrons. The van der Waals surface area contributed by atoms with E-state index in [1.54, 1.807) is 4.52 Å². The van der Waals surface area contributed by atoms with Crippen molar-refractivity contribution < 1.29 is 4.79 Å². The smallest absolute Gasteiger partial charge is 0.228 e. The zero-order valence-electron chi connectivity index (χ0n) is 16.0. The van der Waals surface area contributed by atoms with Crippen LogP contribution in [0.15, 0.2) is 73.2 Å². The van der Waals surface area contributed by atoms with Crippen LogP contribution in [0.1, 0.15) is 30.9 Å². The normalized spacial score (nSPS) is 11.1. The molecule has 140 valence electrons. The van der Waals surface area contributed by atoms with Gasteiger partial charge in [0.1, 0.15) is 6.33 Å². The monoisotopic (exact) mass is 370 g/mol. The van der Waals surface area contributed by atoms with E-state index < -0.39 is 0 Å². The number of nitrogens with zero attached hydrogens (tertiary/aromatic N) is 3. The second-order valence-electron chi connectivity index (χ2n) is 7.18. The summed E-state index contributed by atoms with van der Waals surface area (Å²) in [4.78, 5) is 16.6. The highest BCUT2D eigenvalue weighted by molar-refractivity contribution is 5.92. The van der Waals surface area contributed by atoms with Gasteiger partial charge in [-0.05, 0) is 52.4 Å². The van der Waals surface area contributed by atoms with Crippen molar-refractivity contribution in [3.05, 3.63) is 84.3 Å². The molecule has 2 aromatic carbocycles. The molecule has 0 fully saturated rings. The molecule has 28 heavy (non-hydrogen) atoms. The molecule has 2 aromatic heterocycles. The maximum absolute atomic E-state index is 12.3. The Labute approximate surface area is 164 Å². The Morgan fingerprint density at radius 2 is 1.75 bits per heavy atom. The minimum atomic E-state index is -0.0186. The van der Waals surface area contributed by atoms with E-state index in [1.165, 1.54) is 11.9 Å². The predicted molar refractivity (Wildman–Crippen MR) is 111 cm³/mol. The van der Waals surface area contributed by atoms with Crippen LogP contribution in [0.5, 0.6) is 0 Å². The van der Waals surface area contributed by atoms with Crippen LogP contribution < -0.4 is 5.32 Å². The third-order valence-corrected chi connectivity index (χ3v) is 4.79. The lowest BCUT2D eigenvalue weighted by Crippen LogP contribution is -2.14. The van der Waals surface area contributed by atoms with Crippen molar-refractivity contribution in [3.8, 4) is 11.1 Å². The quantitative estimate of drug-likeness (QED) is 0.554. The Bertz CT molecular complexity index is 1100. The van der Waals surface area contributed by atoms with E-state index in [9.17, 15) is 4.79 Å². The van der Waals surface area contributed by atoms with E-state index in [0.29, 0.717) is 12.3 Å². The van der Waals surface area contributed by atoms with Crippen LogP contribution in [0, 0.1) is 0 Å². The van der Waals surface area contributed by atoms with E-state index in [1.807, 2.05) is 54.7 Å². The number of nitrogens with one attached hydrogen (secondary N) is 1. The van der Waals surface area contributed by atoms with Crippen LogP contribution in [-0.4, -0.2) is 20.5 Å². The molecule has 5 heteroatoms. The molecule has 0 bridgehead atoms. The molecule has 0 aliphatic heterocycles. The highest BCUT2D eigenvalue weighted by atomic mass is 16.1. The fourth-order valence-electron chi connectivity index (χ4n) is 3.15. The molecule has 0 unspecified atom stereocenters. The molecule has 0 spiro atoms. The van der Waals surface area contributed by atoms with E-state index in [2.05, 4.69) is 41.4 Å². The molecule has 2 heterocycles. The first-order valence-electron chi connectivity index (χ1n) is 9.37. The molecular formula is C23H22N4O. The summed E-state index contributed by atoms with van der Waals surface area (Å²) in [5, 5.41) is 7.07. The van der Waals surface area contributed by atoms with E-state index in [0.717, 1.165) is 28.0 Å². The highest BCUT2D eigenvalue weighted by Gasteiger charge is 2.07. The first kappa shape index (κ1) is 17.9. The molecule has 1 N–H and O–H groups in total. The number of fused-ring (bicyclic) bond motifs is 1. The van der Waals surface area contributed by atoms with Gasteiger partial charge in [-0.15, -0.1) is 0 Å². The summed E-state index contributed by atoms with van der Waals surface area (Å²) in [5.41, 5.74) is 6.03. The van der Waals surface area contributed by atoms with E-state index >= 15 is 0 Å². The van der Waals surface area contributed by atoms with Crippen LogP contribution in [0.3, 0.4) is 0 Å². The zero-order valence-corrected chi connectivity index (χ0v) is 16.0. The van der Waals surface area contributed by atoms with Crippen molar-refractivity contribution in [3.63, 3.8) is 0 Å². The number of aromatic nitrogens is 3. The molecule has 5 nitrogen and oxygen atoms in total. The van der Waals surface area contributed by atoms with E-state index in [4.69, 9.17) is 0 Å². The van der Waals surface area contributed by atoms with Crippen molar-refractivity contribution in [2.45, 2.75) is 26.2 Å². The minimum Gasteiger partial charge on any atom is -0.326 e. The molecule has 0 aliphatic carbocycles. The maximum atomic E-state index is 12.3. The van der Waals surface area contributed by atoms with Gasteiger partial charge in [0.15, 0.2) is 5.65 Å². The van der Waals surface area contributed by atoms with Crippen LogP contribution >= 0.6 is 0 Å². The first-order chi connectivity index (χ1) is 13.6. The molecule has 0 aliphatic rings. The first-order valence-corrected chi connectivity index (χ1v) is 9.37. The van der Waals surface area contributed by atoms with Crippen LogP contribution in [0.4, 0.5) is 5.69 Å². The molecule has 4 rings (SSSR count). The standard InChI is InChI=1S/C23H22N4O/c1-16(2)18-7-9-21(10-8-18)26-23(28)13-17-3-5-19(6-4-17)20-11-12-27-22(14-20)24-15-25-27/h3-12,14-16H,13H2,1-2H3,(H,26,28). The Hall–Kier alpha value is -3.47. The van der Waals surface area contributed by atoms with Crippen LogP contribution in [0.2, 0.25) is 0 Å². The van der Waals surface area contributed by atoms with Gasteiger partial charge in [-0.2, -0.15) is 5.10 Å². The third kappa shape index (κ3) is 3.93. The van der Waals surface area contributed by atoms with Gasteiger partial charge < -0.3 is 5.32 Å². The molecule has 0 atom stereocenters. The summed E-state index contributed by atoms with van der Waals surface area (Å²) < 4.78 is 1.73. The van der Waals surface area contributed by atoms with Gasteiger partial charge in [0.05, 0.1) is 6.42 Å². The average Bonchev–Trinajstić information content (AvgIpc) is 3.17. The zero-order chi connectivity index (χ0) is 19.5. The summed E-state index contributed by atoms with van der Waals surface area (Å²) in [6.45, 7) is 4.31. The van der Waals surface area contributed by atoms with Gasteiger partial charge >= 0.3 is 0 Å². The number of carbonyl (C=O) groups excluding carboxylic acids is 1. The lowest BCUT2D eigenvalue weighted by atomic mass is 10.0. The van der Waals surface area contributed by atoms with Gasteiger partial charge in [0.2, 0.25) is 5.91 Å². The lowest BCUT2D eigenvalue weighted by Gasteiger charge is -2.09. The Kier molecular flexibility index (Phi) is 4.89. The Morgan fingerprint density at radius 3 is 2.46 bits per heavy atom. The number of hydrogen-bond acceptors (Lipinski definition) is 3. The number of anilines is 1. The molecule has 0 saturated carbocycles. The largest absolute Gasteiger partial charge is 0.326 e. The fourth-order valence-corrected chi connectivity index (χ4v) is 3.15. The number of pyridine rings is 1. The van der Waals surface area contributed by atoms with Crippen molar-refractivity contribution in [2.24, 2.45) is 0 Å². The number of rotatable bonds is 5. The van der Waals surface area contributed by atoms with Crippen molar-refractivity contribution in [2.75, 3.05) is 5.32 Å².